The molecule has 0 unspecified atom stereocenters. The minimum atomic E-state index is -0.884. The molecule has 1 aromatic rings. The second-order valence-electron chi connectivity index (χ2n) is 5.20. The predicted octanol–water partition coefficient (Wildman–Crippen LogP) is 1.37. The molecule has 0 atom stereocenters. The number of amides is 2. The number of halogens is 1. The number of benzene rings is 1. The molecule has 2 rings (SSSR count). The molecular weight excluding hydrogens is 324 g/mol. The maximum atomic E-state index is 12.3. The van der Waals surface area contributed by atoms with Crippen molar-refractivity contribution >= 4 is 33.5 Å². The van der Waals surface area contributed by atoms with Gasteiger partial charge in [0.05, 0.1) is 18.6 Å². The van der Waals surface area contributed by atoms with Gasteiger partial charge in [-0.25, -0.2) is 0 Å². The number of carbonyl (C=O) groups excluding carboxylic acids is 3. The number of hydrogen-bond donors (Lipinski definition) is 1. The van der Waals surface area contributed by atoms with Crippen LogP contribution in [0.15, 0.2) is 28.7 Å². The molecule has 1 aromatic carbocycles. The molecule has 0 spiro atoms. The largest absolute Gasteiger partial charge is 0.294 e. The summed E-state index contributed by atoms with van der Waals surface area (Å²) in [6.07, 6.45) is 0. The molecule has 1 N–H and O–H groups in total. The first-order chi connectivity index (χ1) is 9.32. The number of Topliss-reactive ketones (excluding diaryl/α,β-unsaturated/α-hetero) is 1. The minimum Gasteiger partial charge on any atom is -0.294 e. The van der Waals surface area contributed by atoms with Crippen LogP contribution in [0.3, 0.4) is 0 Å². The Morgan fingerprint density at radius 3 is 2.65 bits per heavy atom. The molecule has 0 radical (unpaired) electrons. The Labute approximate surface area is 125 Å². The number of nitrogens with zero attached hydrogens (tertiary/aromatic N) is 1. The van der Waals surface area contributed by atoms with E-state index >= 15 is 0 Å². The van der Waals surface area contributed by atoms with Gasteiger partial charge in [-0.2, -0.15) is 0 Å². The molecule has 1 aliphatic rings. The van der Waals surface area contributed by atoms with Crippen molar-refractivity contribution in [2.75, 3.05) is 13.1 Å². The highest BCUT2D eigenvalue weighted by atomic mass is 79.9. The van der Waals surface area contributed by atoms with Gasteiger partial charge < -0.3 is 0 Å². The lowest BCUT2D eigenvalue weighted by Gasteiger charge is -2.39. The number of ketones is 1. The Kier molecular flexibility index (Phi) is 4.06. The van der Waals surface area contributed by atoms with Gasteiger partial charge in [0.25, 0.3) is 0 Å². The Morgan fingerprint density at radius 1 is 1.35 bits per heavy atom. The average Bonchev–Trinajstić information content (AvgIpc) is 2.36. The van der Waals surface area contributed by atoms with Gasteiger partial charge in [-0.05, 0) is 19.9 Å². The number of nitrogens with one attached hydrogen (secondary N) is 1. The lowest BCUT2D eigenvalue weighted by Crippen LogP contribution is -2.64. The van der Waals surface area contributed by atoms with E-state index < -0.39 is 5.54 Å². The highest BCUT2D eigenvalue weighted by Gasteiger charge is 2.41. The average molecular weight is 339 g/mol. The molecule has 20 heavy (non-hydrogen) atoms. The summed E-state index contributed by atoms with van der Waals surface area (Å²) in [5, 5.41) is 2.28. The summed E-state index contributed by atoms with van der Waals surface area (Å²) in [6.45, 7) is 3.45. The summed E-state index contributed by atoms with van der Waals surface area (Å²) in [5.74, 6) is -0.893. The van der Waals surface area contributed by atoms with Gasteiger partial charge >= 0.3 is 0 Å². The maximum absolute atomic E-state index is 12.3. The zero-order valence-electron chi connectivity index (χ0n) is 11.3. The third-order valence-electron chi connectivity index (χ3n) is 3.44. The highest BCUT2D eigenvalue weighted by molar-refractivity contribution is 9.10. The van der Waals surface area contributed by atoms with Gasteiger partial charge in [-0.1, -0.05) is 34.1 Å². The number of rotatable bonds is 3. The fourth-order valence-corrected chi connectivity index (χ4v) is 2.54. The second-order valence-corrected chi connectivity index (χ2v) is 6.05. The van der Waals surface area contributed by atoms with Crippen LogP contribution in [0.4, 0.5) is 0 Å². The predicted molar refractivity (Wildman–Crippen MR) is 77.3 cm³/mol. The van der Waals surface area contributed by atoms with Crippen molar-refractivity contribution in [3.8, 4) is 0 Å². The van der Waals surface area contributed by atoms with E-state index in [0.29, 0.717) is 10.0 Å². The third-order valence-corrected chi connectivity index (χ3v) is 4.13. The van der Waals surface area contributed by atoms with Gasteiger partial charge in [0.15, 0.2) is 5.78 Å². The van der Waals surface area contributed by atoms with Crippen molar-refractivity contribution < 1.29 is 14.4 Å². The number of carbonyl (C=O) groups is 3. The fourth-order valence-electron chi connectivity index (χ4n) is 2.03. The number of piperazine rings is 1. The molecule has 1 saturated heterocycles. The van der Waals surface area contributed by atoms with Crippen molar-refractivity contribution in [2.45, 2.75) is 19.4 Å². The number of imide groups is 1. The van der Waals surface area contributed by atoms with Crippen LogP contribution in [0.1, 0.15) is 24.2 Å². The van der Waals surface area contributed by atoms with E-state index in [-0.39, 0.29) is 30.7 Å². The molecule has 1 fully saturated rings. The third kappa shape index (κ3) is 2.81. The minimum absolute atomic E-state index is 0.0226. The molecule has 0 aromatic heterocycles. The molecule has 6 heteroatoms. The highest BCUT2D eigenvalue weighted by Crippen LogP contribution is 2.21. The van der Waals surface area contributed by atoms with Gasteiger partial charge in [-0.15, -0.1) is 0 Å². The van der Waals surface area contributed by atoms with Crippen LogP contribution in [0.25, 0.3) is 0 Å². The molecule has 106 valence electrons. The summed E-state index contributed by atoms with van der Waals surface area (Å²) in [6, 6.07) is 7.09. The Morgan fingerprint density at radius 2 is 2.00 bits per heavy atom. The maximum Gasteiger partial charge on any atom is 0.246 e. The van der Waals surface area contributed by atoms with Gasteiger partial charge in [-0.3, -0.25) is 24.6 Å². The molecule has 1 heterocycles. The molecule has 5 nitrogen and oxygen atoms in total. The SMILES string of the molecule is CC1(C)C(=O)NC(=O)CN1CC(=O)c1ccccc1Br. The molecule has 0 bridgehead atoms. The lowest BCUT2D eigenvalue weighted by atomic mass is 9.97. The van der Waals surface area contributed by atoms with Crippen molar-refractivity contribution in [2.24, 2.45) is 0 Å². The summed E-state index contributed by atoms with van der Waals surface area (Å²) >= 11 is 3.33. The molecular formula is C14H15BrN2O3. The molecule has 0 aliphatic carbocycles. The van der Waals surface area contributed by atoms with E-state index in [0.717, 1.165) is 0 Å². The zero-order chi connectivity index (χ0) is 14.9. The zero-order valence-corrected chi connectivity index (χ0v) is 12.9. The molecule has 2 amide bonds. The van der Waals surface area contributed by atoms with Gasteiger partial charge in [0, 0.05) is 10.0 Å². The lowest BCUT2D eigenvalue weighted by molar-refractivity contribution is -0.144. The quantitative estimate of drug-likeness (QED) is 0.667. The van der Waals surface area contributed by atoms with Crippen LogP contribution in [0.2, 0.25) is 0 Å². The molecule has 1 aliphatic heterocycles. The van der Waals surface area contributed by atoms with Crippen LogP contribution in [0.5, 0.6) is 0 Å². The first-order valence-corrected chi connectivity index (χ1v) is 6.98. The van der Waals surface area contributed by atoms with Gasteiger partial charge in [0.1, 0.15) is 0 Å². The van der Waals surface area contributed by atoms with E-state index in [1.165, 1.54) is 0 Å². The van der Waals surface area contributed by atoms with E-state index in [2.05, 4.69) is 21.2 Å². The van der Waals surface area contributed by atoms with Crippen LogP contribution >= 0.6 is 15.9 Å². The first kappa shape index (κ1) is 14.9. The summed E-state index contributed by atoms with van der Waals surface area (Å²) in [4.78, 5) is 37.2. The van der Waals surface area contributed by atoms with Crippen LogP contribution < -0.4 is 5.32 Å². The Bertz CT molecular complexity index is 584. The summed E-state index contributed by atoms with van der Waals surface area (Å²) < 4.78 is 0.704. The van der Waals surface area contributed by atoms with Crippen molar-refractivity contribution in [1.29, 1.82) is 0 Å². The smallest absolute Gasteiger partial charge is 0.246 e. The standard InChI is InChI=1S/C14H15BrN2O3/c1-14(2)13(20)16-12(19)8-17(14)7-11(18)9-5-3-4-6-10(9)15/h3-6H,7-8H2,1-2H3,(H,16,19,20). The van der Waals surface area contributed by atoms with Crippen LogP contribution in [0, 0.1) is 0 Å². The Hall–Kier alpha value is -1.53. The second kappa shape index (κ2) is 5.46. The van der Waals surface area contributed by atoms with E-state index in [1.54, 1.807) is 36.9 Å². The van der Waals surface area contributed by atoms with E-state index in [1.807, 2.05) is 6.07 Å². The topological polar surface area (TPSA) is 66.5 Å². The monoisotopic (exact) mass is 338 g/mol. The molecule has 0 saturated carbocycles. The van der Waals surface area contributed by atoms with E-state index in [4.69, 9.17) is 0 Å². The fraction of sp³-hybridized carbons (Fsp3) is 0.357. The van der Waals surface area contributed by atoms with Crippen LogP contribution in [-0.2, 0) is 9.59 Å². The van der Waals surface area contributed by atoms with Gasteiger partial charge in [0.2, 0.25) is 11.8 Å². The van der Waals surface area contributed by atoms with Crippen LogP contribution in [-0.4, -0.2) is 41.1 Å². The van der Waals surface area contributed by atoms with Crippen molar-refractivity contribution in [3.63, 3.8) is 0 Å². The summed E-state index contributed by atoms with van der Waals surface area (Å²) in [5.41, 5.74) is -0.341. The summed E-state index contributed by atoms with van der Waals surface area (Å²) in [7, 11) is 0. The van der Waals surface area contributed by atoms with Crippen molar-refractivity contribution in [1.82, 2.24) is 10.2 Å². The van der Waals surface area contributed by atoms with Crippen molar-refractivity contribution in [3.05, 3.63) is 34.3 Å². The van der Waals surface area contributed by atoms with E-state index in [9.17, 15) is 14.4 Å². The normalized spacial score (nSPS) is 18.8. The Balaban J connectivity index is 2.20. The number of hydrogen-bond acceptors (Lipinski definition) is 4. The first-order valence-electron chi connectivity index (χ1n) is 6.19.